The molecule has 0 amide bonds. The van der Waals surface area contributed by atoms with Crippen molar-refractivity contribution < 1.29 is 18.3 Å². The molecule has 32 heavy (non-hydrogen) atoms. The van der Waals surface area contributed by atoms with Crippen LogP contribution in [0.25, 0.3) is 17.0 Å². The number of allylic oxidation sites excluding steroid dienone is 1. The standard InChI is InChI=1S/C21H22BrN5O4S/c1-31-16-8-2-13(3-9-16)12-27-25-21(24-26-27)19-17(14-4-6-15(28)7-5-14)10-11-18(22)20(19)32(23,29)30/h2-4,8-11,15,28H,5-7,12H2,1H3,(H2,23,29,30). The van der Waals surface area contributed by atoms with Gasteiger partial charge in [-0.15, -0.1) is 10.2 Å². The highest BCUT2D eigenvalue weighted by Crippen LogP contribution is 2.39. The van der Waals surface area contributed by atoms with Gasteiger partial charge >= 0.3 is 0 Å². The van der Waals surface area contributed by atoms with Crippen LogP contribution in [0.1, 0.15) is 30.4 Å². The van der Waals surface area contributed by atoms with E-state index in [-0.39, 0.29) is 10.7 Å². The summed E-state index contributed by atoms with van der Waals surface area (Å²) in [5.74, 6) is 0.897. The van der Waals surface area contributed by atoms with Crippen LogP contribution in [-0.2, 0) is 16.6 Å². The van der Waals surface area contributed by atoms with Gasteiger partial charge in [0.2, 0.25) is 15.8 Å². The van der Waals surface area contributed by atoms with Crippen LogP contribution in [0.2, 0.25) is 0 Å². The molecule has 11 heteroatoms. The van der Waals surface area contributed by atoms with Gasteiger partial charge in [-0.2, -0.15) is 4.80 Å². The van der Waals surface area contributed by atoms with Crippen LogP contribution in [0, 0.1) is 0 Å². The lowest BCUT2D eigenvalue weighted by molar-refractivity contribution is 0.166. The quantitative estimate of drug-likeness (QED) is 0.511. The van der Waals surface area contributed by atoms with Gasteiger partial charge in [0.05, 0.1) is 25.3 Å². The topological polar surface area (TPSA) is 133 Å². The number of sulfonamides is 1. The summed E-state index contributed by atoms with van der Waals surface area (Å²) in [6, 6.07) is 10.9. The lowest BCUT2D eigenvalue weighted by atomic mass is 9.89. The summed E-state index contributed by atoms with van der Waals surface area (Å²) in [6.45, 7) is 0.347. The number of aromatic nitrogens is 4. The van der Waals surface area contributed by atoms with Crippen molar-refractivity contribution in [2.24, 2.45) is 5.14 Å². The van der Waals surface area contributed by atoms with E-state index in [0.29, 0.717) is 41.4 Å². The SMILES string of the molecule is COc1ccc(Cn2nnc(-c3c(C4=CCC(O)CC4)ccc(Br)c3S(N)(=O)=O)n2)cc1. The predicted octanol–water partition coefficient (Wildman–Crippen LogP) is 2.74. The molecule has 1 aromatic heterocycles. The summed E-state index contributed by atoms with van der Waals surface area (Å²) in [5, 5.41) is 28.1. The molecule has 1 unspecified atom stereocenters. The Bertz CT molecular complexity index is 1270. The van der Waals surface area contributed by atoms with Gasteiger partial charge < -0.3 is 9.84 Å². The minimum atomic E-state index is -4.10. The fourth-order valence-electron chi connectivity index (χ4n) is 3.69. The normalized spacial score (nSPS) is 16.6. The van der Waals surface area contributed by atoms with E-state index >= 15 is 0 Å². The maximum atomic E-state index is 12.5. The van der Waals surface area contributed by atoms with Crippen LogP contribution in [0.4, 0.5) is 0 Å². The minimum Gasteiger partial charge on any atom is -0.497 e. The van der Waals surface area contributed by atoms with E-state index in [9.17, 15) is 13.5 Å². The molecule has 3 aromatic rings. The Morgan fingerprint density at radius 3 is 2.62 bits per heavy atom. The van der Waals surface area contributed by atoms with Gasteiger partial charge in [0.25, 0.3) is 0 Å². The number of rotatable bonds is 6. The minimum absolute atomic E-state index is 0.0916. The summed E-state index contributed by atoms with van der Waals surface area (Å²) in [4.78, 5) is 1.30. The molecule has 0 saturated heterocycles. The predicted molar refractivity (Wildman–Crippen MR) is 122 cm³/mol. The molecule has 9 nitrogen and oxygen atoms in total. The Balaban J connectivity index is 1.79. The monoisotopic (exact) mass is 519 g/mol. The van der Waals surface area contributed by atoms with Gasteiger partial charge in [-0.3, -0.25) is 0 Å². The molecule has 1 atom stereocenters. The molecule has 3 N–H and O–H groups in total. The second-order valence-electron chi connectivity index (χ2n) is 7.49. The third-order valence-electron chi connectivity index (χ3n) is 5.28. The number of nitrogens with zero attached hydrogens (tertiary/aromatic N) is 4. The molecule has 1 aliphatic carbocycles. The van der Waals surface area contributed by atoms with E-state index in [1.54, 1.807) is 13.2 Å². The molecule has 0 aliphatic heterocycles. The lowest BCUT2D eigenvalue weighted by Gasteiger charge is -2.20. The Kier molecular flexibility index (Phi) is 6.42. The van der Waals surface area contributed by atoms with E-state index in [1.807, 2.05) is 36.4 Å². The van der Waals surface area contributed by atoms with Crippen molar-refractivity contribution in [3.8, 4) is 17.1 Å². The fraction of sp³-hybridized carbons (Fsp3) is 0.286. The molecular formula is C21H22BrN5O4S. The molecule has 0 saturated carbocycles. The molecule has 0 radical (unpaired) electrons. The van der Waals surface area contributed by atoms with Gasteiger partial charge in [0.1, 0.15) is 10.6 Å². The third-order valence-corrected chi connectivity index (χ3v) is 7.20. The highest BCUT2D eigenvalue weighted by molar-refractivity contribution is 9.10. The van der Waals surface area contributed by atoms with Gasteiger partial charge in [0, 0.05) is 4.47 Å². The summed E-state index contributed by atoms with van der Waals surface area (Å²) >= 11 is 3.31. The molecular weight excluding hydrogens is 498 g/mol. The van der Waals surface area contributed by atoms with Crippen LogP contribution < -0.4 is 9.88 Å². The van der Waals surface area contributed by atoms with E-state index in [4.69, 9.17) is 9.88 Å². The first-order valence-electron chi connectivity index (χ1n) is 9.90. The highest BCUT2D eigenvalue weighted by atomic mass is 79.9. The maximum Gasteiger partial charge on any atom is 0.239 e. The van der Waals surface area contributed by atoms with E-state index in [0.717, 1.165) is 16.9 Å². The lowest BCUT2D eigenvalue weighted by Crippen LogP contribution is -2.16. The Labute approximate surface area is 194 Å². The van der Waals surface area contributed by atoms with Crippen LogP contribution >= 0.6 is 15.9 Å². The van der Waals surface area contributed by atoms with Crippen molar-refractivity contribution in [1.82, 2.24) is 20.2 Å². The molecule has 0 fully saturated rings. The van der Waals surface area contributed by atoms with Gasteiger partial charge in [-0.1, -0.05) is 24.3 Å². The number of methoxy groups -OCH3 is 1. The highest BCUT2D eigenvalue weighted by Gasteiger charge is 2.27. The van der Waals surface area contributed by atoms with Crippen LogP contribution in [-0.4, -0.2) is 46.9 Å². The third kappa shape index (κ3) is 4.75. The van der Waals surface area contributed by atoms with E-state index in [1.165, 1.54) is 4.80 Å². The number of tetrazole rings is 1. The number of aliphatic hydroxyl groups excluding tert-OH is 1. The number of primary sulfonamides is 1. The van der Waals surface area contributed by atoms with Crippen molar-refractivity contribution in [3.05, 3.63) is 58.1 Å². The Morgan fingerprint density at radius 1 is 1.25 bits per heavy atom. The van der Waals surface area contributed by atoms with E-state index in [2.05, 4.69) is 31.3 Å². The Hall–Kier alpha value is -2.60. The number of hydrogen-bond donors (Lipinski definition) is 2. The Morgan fingerprint density at radius 2 is 2.00 bits per heavy atom. The largest absolute Gasteiger partial charge is 0.497 e. The number of hydrogen-bond acceptors (Lipinski definition) is 7. The molecule has 0 spiro atoms. The summed E-state index contributed by atoms with van der Waals surface area (Å²) < 4.78 is 30.5. The van der Waals surface area contributed by atoms with Crippen LogP contribution in [0.5, 0.6) is 5.75 Å². The average molecular weight is 520 g/mol. The maximum absolute atomic E-state index is 12.5. The van der Waals surface area contributed by atoms with Crippen molar-refractivity contribution in [2.45, 2.75) is 36.8 Å². The summed E-state index contributed by atoms with van der Waals surface area (Å²) in [7, 11) is -2.50. The summed E-state index contributed by atoms with van der Waals surface area (Å²) in [5.41, 5.74) is 2.80. The van der Waals surface area contributed by atoms with Gasteiger partial charge in [-0.05, 0) is 75.3 Å². The second-order valence-corrected chi connectivity index (χ2v) is 9.85. The zero-order valence-corrected chi connectivity index (χ0v) is 19.7. The number of aliphatic hydroxyl groups is 1. The molecule has 1 heterocycles. The van der Waals surface area contributed by atoms with E-state index < -0.39 is 16.1 Å². The number of nitrogens with two attached hydrogens (primary N) is 1. The summed E-state index contributed by atoms with van der Waals surface area (Å²) in [6.07, 6.45) is 3.19. The average Bonchev–Trinajstić information content (AvgIpc) is 3.22. The number of ether oxygens (including phenoxy) is 1. The molecule has 4 rings (SSSR count). The van der Waals surface area contributed by atoms with Crippen molar-refractivity contribution >= 4 is 31.5 Å². The number of benzene rings is 2. The first-order chi connectivity index (χ1) is 15.3. The first-order valence-corrected chi connectivity index (χ1v) is 12.2. The molecule has 1 aliphatic rings. The second kappa shape index (κ2) is 9.10. The van der Waals surface area contributed by atoms with Gasteiger partial charge in [0.15, 0.2) is 0 Å². The molecule has 0 bridgehead atoms. The molecule has 168 valence electrons. The van der Waals surface area contributed by atoms with Gasteiger partial charge in [-0.25, -0.2) is 13.6 Å². The number of halogens is 1. The zero-order chi connectivity index (χ0) is 22.9. The fourth-order valence-corrected chi connectivity index (χ4v) is 5.53. The first kappa shape index (κ1) is 22.6. The van der Waals surface area contributed by atoms with Crippen molar-refractivity contribution in [2.75, 3.05) is 7.11 Å². The van der Waals surface area contributed by atoms with Crippen molar-refractivity contribution in [1.29, 1.82) is 0 Å². The zero-order valence-electron chi connectivity index (χ0n) is 17.3. The molecule has 2 aromatic carbocycles. The van der Waals surface area contributed by atoms with Crippen molar-refractivity contribution in [3.63, 3.8) is 0 Å². The van der Waals surface area contributed by atoms with Crippen LogP contribution in [0.15, 0.2) is 51.8 Å². The van der Waals surface area contributed by atoms with Crippen LogP contribution in [0.3, 0.4) is 0 Å². The smallest absolute Gasteiger partial charge is 0.239 e.